The standard InChI is InChI=1S/C17H23N5O2S/c1-11-6-7-13(12(2)8-11)22-10-18-21-16(22)25-9-14(23)19-15(24)20-17(3,4)5/h6-8,10H,9H2,1-5H3,(H2,19,20,23,24). The molecule has 8 heteroatoms. The van der Waals surface area contributed by atoms with Crippen molar-refractivity contribution in [3.05, 3.63) is 35.7 Å². The van der Waals surface area contributed by atoms with Crippen molar-refractivity contribution < 1.29 is 9.59 Å². The second-order valence-electron chi connectivity index (χ2n) is 6.81. The van der Waals surface area contributed by atoms with Crippen LogP contribution in [0.4, 0.5) is 4.79 Å². The SMILES string of the molecule is Cc1ccc(-n2cnnc2SCC(=O)NC(=O)NC(C)(C)C)c(C)c1. The summed E-state index contributed by atoms with van der Waals surface area (Å²) in [4.78, 5) is 23.7. The molecule has 2 rings (SSSR count). The van der Waals surface area contributed by atoms with Gasteiger partial charge in [0.25, 0.3) is 0 Å². The molecule has 3 amide bonds. The highest BCUT2D eigenvalue weighted by atomic mass is 32.2. The highest BCUT2D eigenvalue weighted by Gasteiger charge is 2.17. The van der Waals surface area contributed by atoms with Gasteiger partial charge < -0.3 is 5.32 Å². The lowest BCUT2D eigenvalue weighted by Gasteiger charge is -2.20. The number of hydrogen-bond donors (Lipinski definition) is 2. The van der Waals surface area contributed by atoms with Gasteiger partial charge in [-0.1, -0.05) is 29.5 Å². The number of imide groups is 1. The number of carbonyl (C=O) groups is 2. The zero-order valence-electron chi connectivity index (χ0n) is 15.1. The fourth-order valence-corrected chi connectivity index (χ4v) is 2.95. The van der Waals surface area contributed by atoms with Crippen molar-refractivity contribution in [2.45, 2.75) is 45.3 Å². The maximum Gasteiger partial charge on any atom is 0.321 e. The van der Waals surface area contributed by atoms with Crippen LogP contribution < -0.4 is 10.6 Å². The molecule has 0 aliphatic carbocycles. The monoisotopic (exact) mass is 361 g/mol. The molecule has 0 radical (unpaired) electrons. The Morgan fingerprint density at radius 3 is 2.60 bits per heavy atom. The van der Waals surface area contributed by atoms with Crippen molar-refractivity contribution in [1.82, 2.24) is 25.4 Å². The third-order valence-corrected chi connectivity index (χ3v) is 4.15. The maximum atomic E-state index is 11.9. The fraction of sp³-hybridized carbons (Fsp3) is 0.412. The smallest absolute Gasteiger partial charge is 0.321 e. The van der Waals surface area contributed by atoms with E-state index in [1.165, 1.54) is 17.3 Å². The molecule has 0 unspecified atom stereocenters. The maximum absolute atomic E-state index is 11.9. The molecule has 25 heavy (non-hydrogen) atoms. The summed E-state index contributed by atoms with van der Waals surface area (Å²) < 4.78 is 1.84. The zero-order chi connectivity index (χ0) is 18.6. The van der Waals surface area contributed by atoms with Crippen molar-refractivity contribution in [2.24, 2.45) is 0 Å². The van der Waals surface area contributed by atoms with Crippen LogP contribution in [0.2, 0.25) is 0 Å². The third-order valence-electron chi connectivity index (χ3n) is 3.20. The van der Waals surface area contributed by atoms with Crippen LogP contribution in [0.1, 0.15) is 31.9 Å². The van der Waals surface area contributed by atoms with E-state index in [4.69, 9.17) is 0 Å². The molecule has 1 heterocycles. The van der Waals surface area contributed by atoms with Gasteiger partial charge in [0.1, 0.15) is 6.33 Å². The van der Waals surface area contributed by atoms with Crippen molar-refractivity contribution >= 4 is 23.7 Å². The highest BCUT2D eigenvalue weighted by molar-refractivity contribution is 7.99. The Morgan fingerprint density at radius 1 is 1.24 bits per heavy atom. The molecule has 0 spiro atoms. The van der Waals surface area contributed by atoms with E-state index in [1.807, 2.05) is 51.3 Å². The summed E-state index contributed by atoms with van der Waals surface area (Å²) in [5.41, 5.74) is 2.83. The number of urea groups is 1. The quantitative estimate of drug-likeness (QED) is 0.817. The predicted molar refractivity (Wildman–Crippen MR) is 98.0 cm³/mol. The van der Waals surface area contributed by atoms with E-state index in [0.29, 0.717) is 5.16 Å². The summed E-state index contributed by atoms with van der Waals surface area (Å²) in [5.74, 6) is -0.317. The molecule has 0 aliphatic rings. The van der Waals surface area contributed by atoms with Crippen LogP contribution in [-0.4, -0.2) is 38.0 Å². The number of nitrogens with one attached hydrogen (secondary N) is 2. The number of benzene rings is 1. The summed E-state index contributed by atoms with van der Waals surface area (Å²) in [7, 11) is 0. The van der Waals surface area contributed by atoms with Gasteiger partial charge in [0, 0.05) is 5.54 Å². The first kappa shape index (κ1) is 19.0. The molecule has 0 aliphatic heterocycles. The molecule has 2 N–H and O–H groups in total. The molecule has 1 aromatic heterocycles. The first-order valence-corrected chi connectivity index (χ1v) is 8.87. The molecule has 1 aromatic carbocycles. The number of amides is 3. The van der Waals surface area contributed by atoms with E-state index in [1.54, 1.807) is 6.33 Å². The number of hydrogen-bond acceptors (Lipinski definition) is 5. The van der Waals surface area contributed by atoms with Crippen LogP contribution in [-0.2, 0) is 4.79 Å². The fourth-order valence-electron chi connectivity index (χ4n) is 2.23. The van der Waals surface area contributed by atoms with Crippen LogP contribution in [0.3, 0.4) is 0 Å². The van der Waals surface area contributed by atoms with Gasteiger partial charge in [-0.2, -0.15) is 0 Å². The van der Waals surface area contributed by atoms with Gasteiger partial charge in [-0.05, 0) is 46.2 Å². The van der Waals surface area contributed by atoms with Crippen molar-refractivity contribution in [3.63, 3.8) is 0 Å². The van der Waals surface area contributed by atoms with E-state index < -0.39 is 11.6 Å². The number of nitrogens with zero attached hydrogens (tertiary/aromatic N) is 3. The van der Waals surface area contributed by atoms with Crippen molar-refractivity contribution in [3.8, 4) is 5.69 Å². The lowest BCUT2D eigenvalue weighted by Crippen LogP contribution is -2.48. The first-order valence-electron chi connectivity index (χ1n) is 7.88. The van der Waals surface area contributed by atoms with Crippen LogP contribution >= 0.6 is 11.8 Å². The minimum atomic E-state index is -0.506. The van der Waals surface area contributed by atoms with E-state index >= 15 is 0 Å². The summed E-state index contributed by atoms with van der Waals surface area (Å²) in [6, 6.07) is 5.58. The van der Waals surface area contributed by atoms with Gasteiger partial charge in [0.15, 0.2) is 5.16 Å². The van der Waals surface area contributed by atoms with Crippen molar-refractivity contribution in [1.29, 1.82) is 0 Å². The highest BCUT2D eigenvalue weighted by Crippen LogP contribution is 2.22. The Labute approximate surface area is 151 Å². The van der Waals surface area contributed by atoms with Gasteiger partial charge in [-0.3, -0.25) is 14.7 Å². The van der Waals surface area contributed by atoms with Gasteiger partial charge in [0.2, 0.25) is 5.91 Å². The van der Waals surface area contributed by atoms with Gasteiger partial charge in [-0.15, -0.1) is 10.2 Å². The van der Waals surface area contributed by atoms with E-state index in [-0.39, 0.29) is 11.7 Å². The second kappa shape index (κ2) is 7.69. The molecule has 0 bridgehead atoms. The Bertz CT molecular complexity index is 780. The average Bonchev–Trinajstić information content (AvgIpc) is 2.91. The number of rotatable bonds is 4. The lowest BCUT2D eigenvalue weighted by molar-refractivity contribution is -0.117. The van der Waals surface area contributed by atoms with Gasteiger partial charge in [0.05, 0.1) is 11.4 Å². The van der Waals surface area contributed by atoms with E-state index in [9.17, 15) is 9.59 Å². The molecular weight excluding hydrogens is 338 g/mol. The summed E-state index contributed by atoms with van der Waals surface area (Å²) >= 11 is 1.23. The topological polar surface area (TPSA) is 88.9 Å². The Hall–Kier alpha value is -2.35. The average molecular weight is 361 g/mol. The molecule has 134 valence electrons. The predicted octanol–water partition coefficient (Wildman–Crippen LogP) is 2.60. The van der Waals surface area contributed by atoms with E-state index in [2.05, 4.69) is 26.9 Å². The van der Waals surface area contributed by atoms with Crippen LogP contribution in [0.15, 0.2) is 29.7 Å². The molecule has 0 fully saturated rings. The molecule has 0 saturated heterocycles. The normalized spacial score (nSPS) is 11.2. The van der Waals surface area contributed by atoms with E-state index in [0.717, 1.165) is 11.3 Å². The van der Waals surface area contributed by atoms with Crippen LogP contribution in [0.25, 0.3) is 5.69 Å². The number of carbonyl (C=O) groups excluding carboxylic acids is 2. The summed E-state index contributed by atoms with van der Waals surface area (Å²) in [6.45, 7) is 9.58. The molecule has 0 atom stereocenters. The molecule has 7 nitrogen and oxygen atoms in total. The molecular formula is C17H23N5O2S. The molecule has 2 aromatic rings. The number of aryl methyl sites for hydroxylation is 2. The summed E-state index contributed by atoms with van der Waals surface area (Å²) in [5, 5.41) is 13.6. The Kier molecular flexibility index (Phi) is 5.84. The Balaban J connectivity index is 2.00. The first-order chi connectivity index (χ1) is 11.7. The second-order valence-corrected chi connectivity index (χ2v) is 7.76. The number of aromatic nitrogens is 3. The third kappa shape index (κ3) is 5.60. The van der Waals surface area contributed by atoms with Crippen LogP contribution in [0.5, 0.6) is 0 Å². The lowest BCUT2D eigenvalue weighted by atomic mass is 10.1. The number of thioether (sulfide) groups is 1. The van der Waals surface area contributed by atoms with Gasteiger partial charge >= 0.3 is 6.03 Å². The minimum absolute atomic E-state index is 0.0706. The Morgan fingerprint density at radius 2 is 1.96 bits per heavy atom. The van der Waals surface area contributed by atoms with Crippen molar-refractivity contribution in [2.75, 3.05) is 5.75 Å². The molecule has 0 saturated carbocycles. The largest absolute Gasteiger partial charge is 0.333 e. The zero-order valence-corrected chi connectivity index (χ0v) is 15.9. The summed E-state index contributed by atoms with van der Waals surface area (Å²) in [6.07, 6.45) is 1.62. The minimum Gasteiger partial charge on any atom is -0.333 e. The van der Waals surface area contributed by atoms with Crippen LogP contribution in [0, 0.1) is 13.8 Å². The van der Waals surface area contributed by atoms with Gasteiger partial charge in [-0.25, -0.2) is 4.79 Å².